The maximum Gasteiger partial charge on any atom is 0.279 e. The molecular weight excluding hydrogens is 238 g/mol. The van der Waals surface area contributed by atoms with Crippen molar-refractivity contribution in [1.82, 2.24) is 14.3 Å². The highest BCUT2D eigenvalue weighted by Gasteiger charge is 2.33. The van der Waals surface area contributed by atoms with Crippen LogP contribution in [0.5, 0.6) is 0 Å². The predicted molar refractivity (Wildman–Crippen MR) is 67.9 cm³/mol. The molecule has 100 valence electrons. The zero-order chi connectivity index (χ0) is 12.5. The molecule has 5 nitrogen and oxygen atoms in total. The van der Waals surface area contributed by atoms with Gasteiger partial charge in [0, 0.05) is 25.2 Å². The molecule has 1 atom stereocenters. The molecule has 1 saturated heterocycles. The summed E-state index contributed by atoms with van der Waals surface area (Å²) in [5, 5.41) is 3.25. The SMILES string of the molecule is CNC(C)C1CCN(S(=O)(=O)NC2CC2)CC1. The molecule has 1 aliphatic carbocycles. The van der Waals surface area contributed by atoms with Crippen molar-refractivity contribution in [2.75, 3.05) is 20.1 Å². The van der Waals surface area contributed by atoms with E-state index in [4.69, 9.17) is 0 Å². The highest BCUT2D eigenvalue weighted by molar-refractivity contribution is 7.87. The van der Waals surface area contributed by atoms with Crippen LogP contribution in [0, 0.1) is 5.92 Å². The molecule has 0 aromatic rings. The number of nitrogens with zero attached hydrogens (tertiary/aromatic N) is 1. The van der Waals surface area contributed by atoms with Gasteiger partial charge < -0.3 is 5.32 Å². The van der Waals surface area contributed by atoms with Crippen molar-refractivity contribution in [1.29, 1.82) is 0 Å². The Morgan fingerprint density at radius 1 is 1.18 bits per heavy atom. The number of piperidine rings is 1. The quantitative estimate of drug-likeness (QED) is 0.748. The number of rotatable bonds is 5. The van der Waals surface area contributed by atoms with Gasteiger partial charge >= 0.3 is 0 Å². The van der Waals surface area contributed by atoms with Crippen LogP contribution in [0.1, 0.15) is 32.6 Å². The standard InChI is InChI=1S/C11H23N3O2S/c1-9(12-2)10-5-7-14(8-6-10)17(15,16)13-11-3-4-11/h9-13H,3-8H2,1-2H3. The molecule has 2 rings (SSSR count). The molecule has 1 saturated carbocycles. The van der Waals surface area contributed by atoms with Gasteiger partial charge in [0.15, 0.2) is 0 Å². The van der Waals surface area contributed by atoms with E-state index in [1.165, 1.54) is 0 Å². The predicted octanol–water partition coefficient (Wildman–Crippen LogP) is 0.303. The first-order valence-electron chi connectivity index (χ1n) is 6.47. The minimum atomic E-state index is -3.21. The topological polar surface area (TPSA) is 61.4 Å². The van der Waals surface area contributed by atoms with Crippen molar-refractivity contribution in [2.24, 2.45) is 5.92 Å². The lowest BCUT2D eigenvalue weighted by atomic mass is 9.91. The largest absolute Gasteiger partial charge is 0.317 e. The van der Waals surface area contributed by atoms with Crippen LogP contribution in [0.4, 0.5) is 0 Å². The van der Waals surface area contributed by atoms with E-state index in [9.17, 15) is 8.42 Å². The van der Waals surface area contributed by atoms with Crippen molar-refractivity contribution in [3.8, 4) is 0 Å². The van der Waals surface area contributed by atoms with Crippen molar-refractivity contribution in [3.63, 3.8) is 0 Å². The number of hydrogen-bond acceptors (Lipinski definition) is 3. The second-order valence-electron chi connectivity index (χ2n) is 5.21. The van der Waals surface area contributed by atoms with Gasteiger partial charge in [-0.15, -0.1) is 0 Å². The second-order valence-corrected chi connectivity index (χ2v) is 6.91. The van der Waals surface area contributed by atoms with Crippen molar-refractivity contribution in [3.05, 3.63) is 0 Å². The van der Waals surface area contributed by atoms with Gasteiger partial charge in [0.1, 0.15) is 0 Å². The third-order valence-electron chi connectivity index (χ3n) is 3.89. The van der Waals surface area contributed by atoms with E-state index < -0.39 is 10.2 Å². The van der Waals surface area contributed by atoms with Gasteiger partial charge in [0.2, 0.25) is 0 Å². The lowest BCUT2D eigenvalue weighted by Gasteiger charge is -2.34. The summed E-state index contributed by atoms with van der Waals surface area (Å²) >= 11 is 0. The summed E-state index contributed by atoms with van der Waals surface area (Å²) in [5.41, 5.74) is 0. The fraction of sp³-hybridized carbons (Fsp3) is 1.00. The van der Waals surface area contributed by atoms with Gasteiger partial charge in [0.25, 0.3) is 10.2 Å². The zero-order valence-corrected chi connectivity index (χ0v) is 11.5. The molecule has 2 N–H and O–H groups in total. The lowest BCUT2D eigenvalue weighted by molar-refractivity contribution is 0.235. The number of nitrogens with one attached hydrogen (secondary N) is 2. The van der Waals surface area contributed by atoms with E-state index in [-0.39, 0.29) is 6.04 Å². The van der Waals surface area contributed by atoms with Crippen molar-refractivity contribution in [2.45, 2.75) is 44.7 Å². The molecule has 0 bridgehead atoms. The van der Waals surface area contributed by atoms with E-state index in [0.717, 1.165) is 25.7 Å². The van der Waals surface area contributed by atoms with E-state index in [1.807, 2.05) is 7.05 Å². The zero-order valence-electron chi connectivity index (χ0n) is 10.6. The first-order valence-corrected chi connectivity index (χ1v) is 7.91. The van der Waals surface area contributed by atoms with Crippen LogP contribution in [0.2, 0.25) is 0 Å². The fourth-order valence-corrected chi connectivity index (χ4v) is 3.84. The van der Waals surface area contributed by atoms with E-state index in [1.54, 1.807) is 4.31 Å². The third-order valence-corrected chi connectivity index (χ3v) is 5.57. The van der Waals surface area contributed by atoms with Gasteiger partial charge in [-0.1, -0.05) is 0 Å². The summed E-state index contributed by atoms with van der Waals surface area (Å²) in [5.74, 6) is 0.590. The Bertz CT molecular complexity index is 346. The van der Waals surface area contributed by atoms with Crippen LogP contribution in [-0.4, -0.2) is 44.9 Å². The molecule has 2 fully saturated rings. The molecule has 1 unspecified atom stereocenters. The third kappa shape index (κ3) is 3.40. The molecule has 1 aliphatic heterocycles. The lowest BCUT2D eigenvalue weighted by Crippen LogP contribution is -2.47. The normalized spacial score (nSPS) is 26.0. The summed E-state index contributed by atoms with van der Waals surface area (Å²) in [6.45, 7) is 3.47. The first kappa shape index (κ1) is 13.3. The van der Waals surface area contributed by atoms with Crippen molar-refractivity contribution < 1.29 is 8.42 Å². The number of hydrogen-bond donors (Lipinski definition) is 2. The Balaban J connectivity index is 1.85. The van der Waals surface area contributed by atoms with Crippen LogP contribution in [0.25, 0.3) is 0 Å². The van der Waals surface area contributed by atoms with Crippen LogP contribution >= 0.6 is 0 Å². The molecule has 0 aromatic heterocycles. The van der Waals surface area contributed by atoms with Crippen molar-refractivity contribution >= 4 is 10.2 Å². The minimum absolute atomic E-state index is 0.203. The van der Waals surface area contributed by atoms with E-state index in [2.05, 4.69) is 17.0 Å². The molecular formula is C11H23N3O2S. The summed E-state index contributed by atoms with van der Waals surface area (Å²) in [6, 6.07) is 0.671. The Hall–Kier alpha value is -0.170. The van der Waals surface area contributed by atoms with Gasteiger partial charge in [-0.3, -0.25) is 0 Å². The molecule has 0 aromatic carbocycles. The van der Waals surface area contributed by atoms with Gasteiger partial charge in [0.05, 0.1) is 0 Å². The van der Waals surface area contributed by atoms with Crippen LogP contribution in [0.15, 0.2) is 0 Å². The van der Waals surface area contributed by atoms with E-state index in [0.29, 0.717) is 25.0 Å². The Labute approximate surface area is 104 Å². The van der Waals surface area contributed by atoms with Crippen LogP contribution < -0.4 is 10.0 Å². The molecule has 17 heavy (non-hydrogen) atoms. The second kappa shape index (κ2) is 5.22. The minimum Gasteiger partial charge on any atom is -0.317 e. The monoisotopic (exact) mass is 261 g/mol. The Morgan fingerprint density at radius 3 is 2.24 bits per heavy atom. The van der Waals surface area contributed by atoms with Gasteiger partial charge in [-0.25, -0.2) is 0 Å². The van der Waals surface area contributed by atoms with Crippen LogP contribution in [0.3, 0.4) is 0 Å². The average molecular weight is 261 g/mol. The smallest absolute Gasteiger partial charge is 0.279 e. The molecule has 0 amide bonds. The summed E-state index contributed by atoms with van der Waals surface area (Å²) < 4.78 is 28.3. The first-order chi connectivity index (χ1) is 8.03. The summed E-state index contributed by atoms with van der Waals surface area (Å²) in [7, 11) is -1.25. The molecule has 6 heteroatoms. The molecule has 1 heterocycles. The van der Waals surface area contributed by atoms with Gasteiger partial charge in [-0.05, 0) is 45.6 Å². The average Bonchev–Trinajstić information content (AvgIpc) is 3.11. The Morgan fingerprint density at radius 2 is 1.76 bits per heavy atom. The van der Waals surface area contributed by atoms with Crippen LogP contribution in [-0.2, 0) is 10.2 Å². The maximum absolute atomic E-state index is 12.0. The summed E-state index contributed by atoms with van der Waals surface area (Å²) in [4.78, 5) is 0. The molecule has 0 spiro atoms. The highest BCUT2D eigenvalue weighted by Crippen LogP contribution is 2.24. The Kier molecular flexibility index (Phi) is 4.07. The highest BCUT2D eigenvalue weighted by atomic mass is 32.2. The van der Waals surface area contributed by atoms with Gasteiger partial charge in [-0.2, -0.15) is 17.4 Å². The van der Waals surface area contributed by atoms with E-state index >= 15 is 0 Å². The fourth-order valence-electron chi connectivity index (χ4n) is 2.34. The maximum atomic E-state index is 12.0. The summed E-state index contributed by atoms with van der Waals surface area (Å²) in [6.07, 6.45) is 3.89. The molecule has 2 aliphatic rings. The molecule has 0 radical (unpaired) electrons.